The standard InChI is InChI=1S/C18H13BrN4OS/c19-13-6-7-14-12(9-13)10-15(20-14)17(24)21-18-23-22-16(25-18)8-11-4-2-1-3-5-11/h1-7,9-10,20H,8H2,(H,21,23,24). The van der Waals surface area contributed by atoms with Crippen LogP contribution in [0.2, 0.25) is 0 Å². The molecule has 0 saturated heterocycles. The number of halogens is 1. The highest BCUT2D eigenvalue weighted by atomic mass is 79.9. The maximum absolute atomic E-state index is 12.4. The second kappa shape index (κ2) is 6.78. The lowest BCUT2D eigenvalue weighted by Gasteiger charge is -1.97. The fourth-order valence-corrected chi connectivity index (χ4v) is 3.68. The molecular weight excluding hydrogens is 400 g/mol. The minimum atomic E-state index is -0.227. The van der Waals surface area contributed by atoms with Gasteiger partial charge in [-0.3, -0.25) is 10.1 Å². The van der Waals surface area contributed by atoms with Crippen molar-refractivity contribution in [2.75, 3.05) is 5.32 Å². The van der Waals surface area contributed by atoms with Crippen LogP contribution in [0.3, 0.4) is 0 Å². The van der Waals surface area contributed by atoms with Gasteiger partial charge in [-0.15, -0.1) is 10.2 Å². The molecule has 0 bridgehead atoms. The normalized spacial score (nSPS) is 10.9. The number of carbonyl (C=O) groups excluding carboxylic acids is 1. The van der Waals surface area contributed by atoms with Gasteiger partial charge >= 0.3 is 0 Å². The number of H-pyrrole nitrogens is 1. The van der Waals surface area contributed by atoms with Crippen molar-refractivity contribution in [3.8, 4) is 0 Å². The summed E-state index contributed by atoms with van der Waals surface area (Å²) >= 11 is 4.82. The number of fused-ring (bicyclic) bond motifs is 1. The van der Waals surface area contributed by atoms with Crippen molar-refractivity contribution in [2.45, 2.75) is 6.42 Å². The number of aromatic amines is 1. The first kappa shape index (κ1) is 16.0. The van der Waals surface area contributed by atoms with E-state index in [2.05, 4.69) is 36.4 Å². The van der Waals surface area contributed by atoms with Crippen molar-refractivity contribution in [3.63, 3.8) is 0 Å². The zero-order chi connectivity index (χ0) is 17.2. The molecule has 4 aromatic rings. The molecule has 0 aliphatic carbocycles. The first-order valence-corrected chi connectivity index (χ1v) is 9.24. The van der Waals surface area contributed by atoms with Crippen molar-refractivity contribution in [1.29, 1.82) is 0 Å². The third-order valence-electron chi connectivity index (χ3n) is 3.71. The number of nitrogens with zero attached hydrogens (tertiary/aromatic N) is 2. The van der Waals surface area contributed by atoms with E-state index in [4.69, 9.17) is 0 Å². The Morgan fingerprint density at radius 1 is 1.12 bits per heavy atom. The molecule has 0 radical (unpaired) electrons. The summed E-state index contributed by atoms with van der Waals surface area (Å²) in [6.07, 6.45) is 0.703. The van der Waals surface area contributed by atoms with Crippen LogP contribution in [0.15, 0.2) is 59.1 Å². The number of carbonyl (C=O) groups is 1. The molecule has 0 saturated carbocycles. The molecule has 0 unspecified atom stereocenters. The average Bonchev–Trinajstić information content (AvgIpc) is 3.22. The molecule has 2 N–H and O–H groups in total. The van der Waals surface area contributed by atoms with Gasteiger partial charge in [-0.1, -0.05) is 57.6 Å². The highest BCUT2D eigenvalue weighted by molar-refractivity contribution is 9.10. The Kier molecular flexibility index (Phi) is 4.33. The van der Waals surface area contributed by atoms with E-state index in [-0.39, 0.29) is 5.91 Å². The molecule has 4 rings (SSSR count). The number of hydrogen-bond donors (Lipinski definition) is 2. The van der Waals surface area contributed by atoms with Gasteiger partial charge in [0.25, 0.3) is 5.91 Å². The molecule has 124 valence electrons. The lowest BCUT2D eigenvalue weighted by Crippen LogP contribution is -2.11. The van der Waals surface area contributed by atoms with Crippen LogP contribution in [0.1, 0.15) is 21.1 Å². The maximum atomic E-state index is 12.4. The molecule has 2 aromatic carbocycles. The Morgan fingerprint density at radius 3 is 2.80 bits per heavy atom. The van der Waals surface area contributed by atoms with E-state index < -0.39 is 0 Å². The number of amides is 1. The van der Waals surface area contributed by atoms with Crippen molar-refractivity contribution in [3.05, 3.63) is 75.3 Å². The first-order valence-electron chi connectivity index (χ1n) is 7.63. The van der Waals surface area contributed by atoms with Gasteiger partial charge < -0.3 is 4.98 Å². The number of hydrogen-bond acceptors (Lipinski definition) is 4. The molecule has 25 heavy (non-hydrogen) atoms. The van der Waals surface area contributed by atoms with Crippen molar-refractivity contribution < 1.29 is 4.79 Å². The van der Waals surface area contributed by atoms with Gasteiger partial charge in [0.05, 0.1) is 0 Å². The van der Waals surface area contributed by atoms with Crippen LogP contribution in [-0.2, 0) is 6.42 Å². The van der Waals surface area contributed by atoms with E-state index in [1.54, 1.807) is 0 Å². The quantitative estimate of drug-likeness (QED) is 0.513. The van der Waals surface area contributed by atoms with Gasteiger partial charge in [0.2, 0.25) is 5.13 Å². The van der Waals surface area contributed by atoms with Crippen LogP contribution in [0.4, 0.5) is 5.13 Å². The zero-order valence-corrected chi connectivity index (χ0v) is 15.4. The summed E-state index contributed by atoms with van der Waals surface area (Å²) in [5, 5.41) is 13.3. The Hall–Kier alpha value is -2.51. The number of nitrogens with one attached hydrogen (secondary N) is 2. The monoisotopic (exact) mass is 412 g/mol. The van der Waals surface area contributed by atoms with E-state index in [1.807, 2.05) is 54.6 Å². The second-order valence-corrected chi connectivity index (χ2v) is 7.51. The van der Waals surface area contributed by atoms with E-state index in [0.717, 1.165) is 25.9 Å². The number of anilines is 1. The third-order valence-corrected chi connectivity index (χ3v) is 5.04. The highest BCUT2D eigenvalue weighted by Crippen LogP contribution is 2.22. The molecule has 0 aliphatic heterocycles. The summed E-state index contributed by atoms with van der Waals surface area (Å²) in [6.45, 7) is 0. The number of benzene rings is 2. The fourth-order valence-electron chi connectivity index (χ4n) is 2.54. The van der Waals surface area contributed by atoms with E-state index >= 15 is 0 Å². The summed E-state index contributed by atoms with van der Waals surface area (Å²) in [4.78, 5) is 15.5. The minimum Gasteiger partial charge on any atom is -0.351 e. The molecule has 0 spiro atoms. The summed E-state index contributed by atoms with van der Waals surface area (Å²) < 4.78 is 0.973. The molecule has 1 amide bonds. The third kappa shape index (κ3) is 3.62. The predicted octanol–water partition coefficient (Wildman–Crippen LogP) is 4.63. The first-order chi connectivity index (χ1) is 12.2. The Labute approximate surface area is 156 Å². The lowest BCUT2D eigenvalue weighted by atomic mass is 10.2. The largest absolute Gasteiger partial charge is 0.351 e. The Bertz CT molecular complexity index is 1040. The van der Waals surface area contributed by atoms with Crippen molar-refractivity contribution >= 4 is 49.2 Å². The smallest absolute Gasteiger partial charge is 0.273 e. The fraction of sp³-hybridized carbons (Fsp3) is 0.0556. The topological polar surface area (TPSA) is 70.7 Å². The van der Waals surface area contributed by atoms with E-state index in [0.29, 0.717) is 17.2 Å². The molecular formula is C18H13BrN4OS. The lowest BCUT2D eigenvalue weighted by molar-refractivity contribution is 0.102. The summed E-state index contributed by atoms with van der Waals surface area (Å²) in [5.41, 5.74) is 2.57. The summed E-state index contributed by atoms with van der Waals surface area (Å²) in [5.74, 6) is -0.227. The maximum Gasteiger partial charge on any atom is 0.273 e. The van der Waals surface area contributed by atoms with Crippen LogP contribution < -0.4 is 5.32 Å². The van der Waals surface area contributed by atoms with Crippen molar-refractivity contribution in [2.24, 2.45) is 0 Å². The van der Waals surface area contributed by atoms with Gasteiger partial charge in [0.1, 0.15) is 10.7 Å². The predicted molar refractivity (Wildman–Crippen MR) is 103 cm³/mol. The molecule has 0 atom stereocenters. The average molecular weight is 413 g/mol. The van der Waals surface area contributed by atoms with Crippen LogP contribution in [0.25, 0.3) is 10.9 Å². The number of rotatable bonds is 4. The molecule has 5 nitrogen and oxygen atoms in total. The Balaban J connectivity index is 1.48. The molecule has 0 fully saturated rings. The van der Waals surface area contributed by atoms with Gasteiger partial charge in [-0.25, -0.2) is 0 Å². The molecule has 2 aromatic heterocycles. The van der Waals surface area contributed by atoms with Crippen LogP contribution >= 0.6 is 27.3 Å². The summed E-state index contributed by atoms with van der Waals surface area (Å²) in [6, 6.07) is 17.7. The highest BCUT2D eigenvalue weighted by Gasteiger charge is 2.13. The molecule has 2 heterocycles. The minimum absolute atomic E-state index is 0.227. The number of aromatic nitrogens is 3. The van der Waals surface area contributed by atoms with Crippen LogP contribution in [0.5, 0.6) is 0 Å². The van der Waals surface area contributed by atoms with Gasteiger partial charge in [0, 0.05) is 21.8 Å². The van der Waals surface area contributed by atoms with Crippen LogP contribution in [-0.4, -0.2) is 21.1 Å². The van der Waals surface area contributed by atoms with Gasteiger partial charge in [-0.05, 0) is 29.8 Å². The SMILES string of the molecule is O=C(Nc1nnc(Cc2ccccc2)s1)c1cc2cc(Br)ccc2[nH]1. The summed E-state index contributed by atoms with van der Waals surface area (Å²) in [7, 11) is 0. The van der Waals surface area contributed by atoms with E-state index in [1.165, 1.54) is 11.3 Å². The molecule has 7 heteroatoms. The zero-order valence-electron chi connectivity index (χ0n) is 13.0. The molecule has 0 aliphatic rings. The Morgan fingerprint density at radius 2 is 1.96 bits per heavy atom. The van der Waals surface area contributed by atoms with Gasteiger partial charge in [-0.2, -0.15) is 0 Å². The van der Waals surface area contributed by atoms with Crippen LogP contribution in [0, 0.1) is 0 Å². The van der Waals surface area contributed by atoms with Crippen molar-refractivity contribution in [1.82, 2.24) is 15.2 Å². The van der Waals surface area contributed by atoms with Gasteiger partial charge in [0.15, 0.2) is 0 Å². The van der Waals surface area contributed by atoms with E-state index in [9.17, 15) is 4.79 Å². The second-order valence-electron chi connectivity index (χ2n) is 5.53.